The van der Waals surface area contributed by atoms with Crippen LogP contribution in [0.25, 0.3) is 0 Å². The molecule has 2 heterocycles. The maximum atomic E-state index is 13.8. The molecule has 2 saturated heterocycles. The van der Waals surface area contributed by atoms with Crippen LogP contribution in [0, 0.1) is 23.4 Å². The van der Waals surface area contributed by atoms with Gasteiger partial charge in [-0.2, -0.15) is 0 Å². The highest BCUT2D eigenvalue weighted by Crippen LogP contribution is 2.34. The van der Waals surface area contributed by atoms with Gasteiger partial charge in [0.05, 0.1) is 18.8 Å². The van der Waals surface area contributed by atoms with Gasteiger partial charge < -0.3 is 14.4 Å². The number of hydrogen-bond donors (Lipinski definition) is 0. The van der Waals surface area contributed by atoms with Crippen molar-refractivity contribution >= 4 is 5.91 Å². The molecule has 0 N–H and O–H groups in total. The highest BCUT2D eigenvalue weighted by atomic mass is 19.2. The summed E-state index contributed by atoms with van der Waals surface area (Å²) in [6, 6.07) is 1.74. The Kier molecular flexibility index (Phi) is 4.33. The summed E-state index contributed by atoms with van der Waals surface area (Å²) in [6.07, 6.45) is 1.53. The van der Waals surface area contributed by atoms with Crippen molar-refractivity contribution in [1.29, 1.82) is 0 Å². The van der Waals surface area contributed by atoms with Gasteiger partial charge in [0.15, 0.2) is 23.2 Å². The zero-order valence-corrected chi connectivity index (χ0v) is 12.8. The average Bonchev–Trinajstić information content (AvgIpc) is 3.00. The van der Waals surface area contributed by atoms with Crippen LogP contribution in [0.5, 0.6) is 0 Å². The number of carbonyl (C=O) groups excluding carboxylic acids is 1. The first kappa shape index (κ1) is 16.3. The van der Waals surface area contributed by atoms with Gasteiger partial charge in [0, 0.05) is 19.0 Å². The second-order valence-electron chi connectivity index (χ2n) is 6.03. The maximum Gasteiger partial charge on any atom is 0.256 e. The lowest BCUT2D eigenvalue weighted by atomic mass is 9.90. The molecule has 0 aliphatic carbocycles. The van der Waals surface area contributed by atoms with Crippen LogP contribution < -0.4 is 0 Å². The molecule has 0 unspecified atom stereocenters. The van der Waals surface area contributed by atoms with Crippen molar-refractivity contribution in [3.8, 4) is 0 Å². The molecule has 4 nitrogen and oxygen atoms in total. The summed E-state index contributed by atoms with van der Waals surface area (Å²) in [5, 5.41) is 0. The molecule has 2 aliphatic rings. The summed E-state index contributed by atoms with van der Waals surface area (Å²) in [7, 11) is 0. The Hall–Kier alpha value is -1.60. The highest BCUT2D eigenvalue weighted by Gasteiger charge is 2.42. The van der Waals surface area contributed by atoms with Gasteiger partial charge in [-0.3, -0.25) is 4.79 Å². The molecular formula is C16H18F3NO3. The second kappa shape index (κ2) is 6.13. The second-order valence-corrected chi connectivity index (χ2v) is 6.03. The van der Waals surface area contributed by atoms with E-state index in [4.69, 9.17) is 9.47 Å². The molecule has 2 aliphatic heterocycles. The van der Waals surface area contributed by atoms with E-state index in [2.05, 4.69) is 0 Å². The standard InChI is InChI=1S/C16H18F3NO3/c1-16(22-7-8-23-16)10-3-2-6-20(9-10)15(21)11-4-5-12(17)14(19)13(11)18/h4-5,10H,2-3,6-9H2,1H3/t10-/m1/s1. The predicted molar refractivity (Wildman–Crippen MR) is 75.3 cm³/mol. The summed E-state index contributed by atoms with van der Waals surface area (Å²) in [4.78, 5) is 13.9. The smallest absolute Gasteiger partial charge is 0.256 e. The Bertz CT molecular complexity index is 617. The number of halogens is 3. The molecule has 1 aromatic carbocycles. The fourth-order valence-corrected chi connectivity index (χ4v) is 3.22. The lowest BCUT2D eigenvalue weighted by Gasteiger charge is -2.40. The van der Waals surface area contributed by atoms with Crippen molar-refractivity contribution in [3.63, 3.8) is 0 Å². The average molecular weight is 329 g/mol. The number of nitrogens with zero attached hydrogens (tertiary/aromatic N) is 1. The first-order valence-corrected chi connectivity index (χ1v) is 7.63. The van der Waals surface area contributed by atoms with E-state index >= 15 is 0 Å². The Morgan fingerprint density at radius 2 is 1.91 bits per heavy atom. The molecule has 7 heteroatoms. The van der Waals surface area contributed by atoms with Gasteiger partial charge in [0.25, 0.3) is 5.91 Å². The van der Waals surface area contributed by atoms with E-state index in [0.29, 0.717) is 32.7 Å². The Morgan fingerprint density at radius 3 is 2.61 bits per heavy atom. The van der Waals surface area contributed by atoms with Gasteiger partial charge >= 0.3 is 0 Å². The lowest BCUT2D eigenvalue weighted by molar-refractivity contribution is -0.189. The zero-order valence-electron chi connectivity index (χ0n) is 12.8. The Labute approximate surface area is 132 Å². The molecule has 0 saturated carbocycles. The minimum atomic E-state index is -1.63. The summed E-state index contributed by atoms with van der Waals surface area (Å²) < 4.78 is 51.4. The lowest BCUT2D eigenvalue weighted by Crippen LogP contribution is -2.48. The first-order chi connectivity index (χ1) is 10.9. The van der Waals surface area contributed by atoms with Gasteiger partial charge in [-0.05, 0) is 31.9 Å². The predicted octanol–water partition coefficient (Wildman–Crippen LogP) is 2.72. The SMILES string of the molecule is CC1([C@@H]2CCCN(C(=O)c3ccc(F)c(F)c3F)C2)OCCO1. The van der Waals surface area contributed by atoms with Crippen molar-refractivity contribution in [2.45, 2.75) is 25.6 Å². The van der Waals surface area contributed by atoms with Gasteiger partial charge in [-0.1, -0.05) is 0 Å². The Morgan fingerprint density at radius 1 is 1.22 bits per heavy atom. The number of amides is 1. The number of hydrogen-bond acceptors (Lipinski definition) is 3. The minimum absolute atomic E-state index is 0.0453. The third-order valence-corrected chi connectivity index (χ3v) is 4.58. The molecule has 3 rings (SSSR count). The van der Waals surface area contributed by atoms with Crippen LogP contribution in [0.15, 0.2) is 12.1 Å². The van der Waals surface area contributed by atoms with E-state index in [1.807, 2.05) is 6.92 Å². The van der Waals surface area contributed by atoms with Gasteiger partial charge in [-0.15, -0.1) is 0 Å². The zero-order chi connectivity index (χ0) is 16.6. The largest absolute Gasteiger partial charge is 0.347 e. The molecule has 126 valence electrons. The van der Waals surface area contributed by atoms with Crippen LogP contribution in [0.3, 0.4) is 0 Å². The quantitative estimate of drug-likeness (QED) is 0.783. The van der Waals surface area contributed by atoms with Crippen molar-refractivity contribution in [2.75, 3.05) is 26.3 Å². The molecule has 0 aromatic heterocycles. The number of benzene rings is 1. The number of rotatable bonds is 2. The molecule has 1 atom stereocenters. The topological polar surface area (TPSA) is 38.8 Å². The molecule has 0 bridgehead atoms. The molecule has 1 aromatic rings. The van der Waals surface area contributed by atoms with E-state index in [1.54, 1.807) is 0 Å². The fraction of sp³-hybridized carbons (Fsp3) is 0.562. The van der Waals surface area contributed by atoms with Gasteiger partial charge in [-0.25, -0.2) is 13.2 Å². The molecule has 0 radical (unpaired) electrons. The van der Waals surface area contributed by atoms with E-state index in [0.717, 1.165) is 18.6 Å². The molecule has 0 spiro atoms. The van der Waals surface area contributed by atoms with Crippen molar-refractivity contribution in [2.24, 2.45) is 5.92 Å². The van der Waals surface area contributed by atoms with Crippen LogP contribution in [-0.4, -0.2) is 42.9 Å². The number of likely N-dealkylation sites (tertiary alicyclic amines) is 1. The fourth-order valence-electron chi connectivity index (χ4n) is 3.22. The Balaban J connectivity index is 1.79. The van der Waals surface area contributed by atoms with E-state index in [-0.39, 0.29) is 5.92 Å². The molecule has 23 heavy (non-hydrogen) atoms. The molecule has 2 fully saturated rings. The third kappa shape index (κ3) is 2.95. The third-order valence-electron chi connectivity index (χ3n) is 4.58. The van der Waals surface area contributed by atoms with Crippen LogP contribution in [0.2, 0.25) is 0 Å². The van der Waals surface area contributed by atoms with E-state index < -0.39 is 34.7 Å². The maximum absolute atomic E-state index is 13.8. The van der Waals surface area contributed by atoms with Crippen LogP contribution in [0.1, 0.15) is 30.1 Å². The number of ether oxygens (including phenoxy) is 2. The van der Waals surface area contributed by atoms with Crippen molar-refractivity contribution in [3.05, 3.63) is 35.1 Å². The van der Waals surface area contributed by atoms with Crippen LogP contribution in [-0.2, 0) is 9.47 Å². The van der Waals surface area contributed by atoms with Crippen molar-refractivity contribution < 1.29 is 27.4 Å². The summed E-state index contributed by atoms with van der Waals surface area (Å²) in [5.74, 6) is -5.83. The summed E-state index contributed by atoms with van der Waals surface area (Å²) in [5.41, 5.74) is -0.456. The highest BCUT2D eigenvalue weighted by molar-refractivity contribution is 5.94. The summed E-state index contributed by atoms with van der Waals surface area (Å²) in [6.45, 7) is 3.59. The van der Waals surface area contributed by atoms with Crippen LogP contribution >= 0.6 is 0 Å². The van der Waals surface area contributed by atoms with Crippen LogP contribution in [0.4, 0.5) is 13.2 Å². The number of carbonyl (C=O) groups is 1. The van der Waals surface area contributed by atoms with Gasteiger partial charge in [0.1, 0.15) is 0 Å². The normalized spacial score (nSPS) is 24.0. The van der Waals surface area contributed by atoms with Gasteiger partial charge in [0.2, 0.25) is 0 Å². The minimum Gasteiger partial charge on any atom is -0.347 e. The van der Waals surface area contributed by atoms with E-state index in [9.17, 15) is 18.0 Å². The molecular weight excluding hydrogens is 311 g/mol. The van der Waals surface area contributed by atoms with Crippen molar-refractivity contribution in [1.82, 2.24) is 4.90 Å². The summed E-state index contributed by atoms with van der Waals surface area (Å²) >= 11 is 0. The molecule has 1 amide bonds. The van der Waals surface area contributed by atoms with E-state index in [1.165, 1.54) is 4.90 Å². The number of piperidine rings is 1. The monoisotopic (exact) mass is 329 g/mol. The first-order valence-electron chi connectivity index (χ1n) is 7.63.